The van der Waals surface area contributed by atoms with E-state index in [4.69, 9.17) is 11.6 Å². The number of nitrogens with one attached hydrogen (secondary N) is 3. The quantitative estimate of drug-likeness (QED) is 0.627. The van der Waals surface area contributed by atoms with Crippen molar-refractivity contribution < 1.29 is 8.42 Å². The Hall–Kier alpha value is -2.13. The highest BCUT2D eigenvalue weighted by Crippen LogP contribution is 2.20. The first kappa shape index (κ1) is 11.9. The minimum Gasteiger partial charge on any atom is -0.366 e. The van der Waals surface area contributed by atoms with Crippen LogP contribution in [0.2, 0.25) is 5.15 Å². The molecule has 0 spiro atoms. The van der Waals surface area contributed by atoms with Gasteiger partial charge in [0.15, 0.2) is 10.8 Å². The van der Waals surface area contributed by atoms with Crippen molar-refractivity contribution >= 4 is 38.7 Å². The van der Waals surface area contributed by atoms with Gasteiger partial charge in [-0.25, -0.2) is 18.1 Å². The summed E-state index contributed by atoms with van der Waals surface area (Å²) in [6.07, 6.45) is 4.24. The second kappa shape index (κ2) is 4.21. The Morgan fingerprint density at radius 2 is 2.16 bits per heavy atom. The number of halogens is 1. The third-order valence-electron chi connectivity index (χ3n) is 2.35. The molecule has 10 heteroatoms. The second-order valence-electron chi connectivity index (χ2n) is 3.59. The van der Waals surface area contributed by atoms with Crippen molar-refractivity contribution in [3.05, 3.63) is 29.9 Å². The molecule has 98 valence electrons. The van der Waals surface area contributed by atoms with E-state index in [1.54, 1.807) is 0 Å². The van der Waals surface area contributed by atoms with E-state index in [-0.39, 0.29) is 21.6 Å². The fourth-order valence-electron chi connectivity index (χ4n) is 1.50. The van der Waals surface area contributed by atoms with Gasteiger partial charge in [-0.05, 0) is 6.07 Å². The van der Waals surface area contributed by atoms with E-state index in [1.807, 2.05) is 0 Å². The second-order valence-corrected chi connectivity index (χ2v) is 5.63. The van der Waals surface area contributed by atoms with Gasteiger partial charge < -0.3 is 9.97 Å². The zero-order valence-corrected chi connectivity index (χ0v) is 10.8. The highest BCUT2D eigenvalue weighted by Gasteiger charge is 2.17. The van der Waals surface area contributed by atoms with E-state index in [1.165, 1.54) is 24.8 Å². The van der Waals surface area contributed by atoms with Crippen LogP contribution in [0.4, 0.5) is 5.95 Å². The Kier molecular flexibility index (Phi) is 2.64. The average molecular weight is 299 g/mol. The Bertz CT molecular complexity index is 826. The Balaban J connectivity index is 2.02. The molecule has 0 radical (unpaired) electrons. The highest BCUT2D eigenvalue weighted by molar-refractivity contribution is 7.92. The minimum atomic E-state index is -3.74. The van der Waals surface area contributed by atoms with Gasteiger partial charge in [-0.15, -0.1) is 0 Å². The van der Waals surface area contributed by atoms with Gasteiger partial charge in [0.05, 0.1) is 6.33 Å². The molecular formula is C9H7ClN6O2S. The van der Waals surface area contributed by atoms with Gasteiger partial charge in [0.2, 0.25) is 5.95 Å². The van der Waals surface area contributed by atoms with Crippen LogP contribution in [0.3, 0.4) is 0 Å². The summed E-state index contributed by atoms with van der Waals surface area (Å²) >= 11 is 5.89. The topological polar surface area (TPSA) is 116 Å². The normalized spacial score (nSPS) is 11.8. The van der Waals surface area contributed by atoms with Gasteiger partial charge in [0, 0.05) is 12.4 Å². The lowest BCUT2D eigenvalue weighted by molar-refractivity contribution is 0.601. The molecule has 0 bridgehead atoms. The largest absolute Gasteiger partial charge is 0.366 e. The van der Waals surface area contributed by atoms with Crippen molar-refractivity contribution in [2.75, 3.05) is 4.72 Å². The Morgan fingerprint density at radius 3 is 2.89 bits per heavy atom. The van der Waals surface area contributed by atoms with Gasteiger partial charge in [-0.1, -0.05) is 11.6 Å². The zero-order chi connectivity index (χ0) is 13.5. The number of nitrogens with zero attached hydrogens (tertiary/aromatic N) is 3. The van der Waals surface area contributed by atoms with Gasteiger partial charge in [-0.3, -0.25) is 0 Å². The number of rotatable bonds is 3. The summed E-state index contributed by atoms with van der Waals surface area (Å²) in [5.41, 5.74) is 0.734. The van der Waals surface area contributed by atoms with E-state index < -0.39 is 10.0 Å². The van der Waals surface area contributed by atoms with Gasteiger partial charge in [0.25, 0.3) is 10.0 Å². The Morgan fingerprint density at radius 1 is 1.32 bits per heavy atom. The molecule has 0 atom stereocenters. The third-order valence-corrected chi connectivity index (χ3v) is 3.95. The van der Waals surface area contributed by atoms with Crippen molar-refractivity contribution in [2.24, 2.45) is 0 Å². The molecule has 0 aromatic carbocycles. The molecule has 0 saturated carbocycles. The molecule has 0 aliphatic rings. The van der Waals surface area contributed by atoms with E-state index >= 15 is 0 Å². The number of aromatic nitrogens is 5. The van der Waals surface area contributed by atoms with Crippen LogP contribution in [0.1, 0.15) is 0 Å². The van der Waals surface area contributed by atoms with E-state index in [9.17, 15) is 8.42 Å². The van der Waals surface area contributed by atoms with Crippen LogP contribution < -0.4 is 4.72 Å². The van der Waals surface area contributed by atoms with Crippen molar-refractivity contribution in [2.45, 2.75) is 4.90 Å². The van der Waals surface area contributed by atoms with Crippen LogP contribution in [-0.2, 0) is 10.0 Å². The maximum Gasteiger partial charge on any atom is 0.265 e. The van der Waals surface area contributed by atoms with E-state index in [0.29, 0.717) is 5.52 Å². The molecule has 3 aromatic rings. The summed E-state index contributed by atoms with van der Waals surface area (Å²) in [6, 6.07) is 1.41. The molecule has 0 aliphatic carbocycles. The molecule has 3 heterocycles. The monoisotopic (exact) mass is 298 g/mol. The van der Waals surface area contributed by atoms with Gasteiger partial charge in [0.1, 0.15) is 10.4 Å². The summed E-state index contributed by atoms with van der Waals surface area (Å²) < 4.78 is 26.2. The summed E-state index contributed by atoms with van der Waals surface area (Å²) in [5.74, 6) is -0.134. The lowest BCUT2D eigenvalue weighted by Crippen LogP contribution is -2.14. The van der Waals surface area contributed by atoms with E-state index in [0.717, 1.165) is 0 Å². The van der Waals surface area contributed by atoms with Crippen molar-refractivity contribution in [3.8, 4) is 0 Å². The van der Waals surface area contributed by atoms with Crippen LogP contribution in [0.15, 0.2) is 29.7 Å². The third kappa shape index (κ3) is 2.13. The molecule has 3 rings (SSSR count). The zero-order valence-electron chi connectivity index (χ0n) is 9.25. The van der Waals surface area contributed by atoms with Gasteiger partial charge in [-0.2, -0.15) is 9.97 Å². The number of fused-ring (bicyclic) bond motifs is 1. The molecule has 3 N–H and O–H groups in total. The van der Waals surface area contributed by atoms with Crippen LogP contribution in [0.25, 0.3) is 11.2 Å². The molecule has 0 unspecified atom stereocenters. The molecule has 8 nitrogen and oxygen atoms in total. The fourth-order valence-corrected chi connectivity index (χ4v) is 2.64. The van der Waals surface area contributed by atoms with Crippen molar-refractivity contribution in [1.82, 2.24) is 24.9 Å². The minimum absolute atomic E-state index is 0.0781. The summed E-state index contributed by atoms with van der Waals surface area (Å²) in [5, 5.41) is 0.0919. The smallest absolute Gasteiger partial charge is 0.265 e. The Labute approximate surface area is 112 Å². The fraction of sp³-hybridized carbons (Fsp3) is 0. The highest BCUT2D eigenvalue weighted by atomic mass is 35.5. The number of hydrogen-bond acceptors (Lipinski definition) is 5. The average Bonchev–Trinajstić information content (AvgIpc) is 2.99. The maximum atomic E-state index is 12.0. The molecule has 0 aliphatic heterocycles. The molecule has 0 saturated heterocycles. The predicted octanol–water partition coefficient (Wildman–Crippen LogP) is 1.14. The SMILES string of the molecule is O=S(=O)(Nc1nc(Cl)c2[nH]cnc2n1)c1cc[nH]c1. The first-order chi connectivity index (χ1) is 9.06. The number of sulfonamides is 1. The molecule has 3 aromatic heterocycles. The first-order valence-electron chi connectivity index (χ1n) is 5.08. The standard InChI is InChI=1S/C9H7ClN6O2S/c10-7-6-8(13-4-12-6)15-9(14-7)16-19(17,18)5-1-2-11-3-5/h1-4,11H,(H2,12,13,14,15,16). The van der Waals surface area contributed by atoms with Crippen LogP contribution in [-0.4, -0.2) is 33.3 Å². The lowest BCUT2D eigenvalue weighted by Gasteiger charge is -2.04. The molecule has 0 fully saturated rings. The maximum absolute atomic E-state index is 12.0. The van der Waals surface area contributed by atoms with E-state index in [2.05, 4.69) is 29.6 Å². The van der Waals surface area contributed by atoms with Crippen LogP contribution >= 0.6 is 11.6 Å². The summed E-state index contributed by atoms with van der Waals surface area (Å²) in [7, 11) is -3.74. The number of H-pyrrole nitrogens is 2. The number of aromatic amines is 2. The van der Waals surface area contributed by atoms with Crippen LogP contribution in [0, 0.1) is 0 Å². The number of hydrogen-bond donors (Lipinski definition) is 3. The predicted molar refractivity (Wildman–Crippen MR) is 68.3 cm³/mol. The summed E-state index contributed by atoms with van der Waals surface area (Å²) in [6.45, 7) is 0. The molecule has 0 amide bonds. The van der Waals surface area contributed by atoms with Crippen molar-refractivity contribution in [3.63, 3.8) is 0 Å². The number of imidazole rings is 1. The van der Waals surface area contributed by atoms with Gasteiger partial charge >= 0.3 is 0 Å². The first-order valence-corrected chi connectivity index (χ1v) is 6.94. The molecule has 19 heavy (non-hydrogen) atoms. The number of anilines is 1. The lowest BCUT2D eigenvalue weighted by atomic mass is 10.6. The van der Waals surface area contributed by atoms with Crippen LogP contribution in [0.5, 0.6) is 0 Å². The molecular weight excluding hydrogens is 292 g/mol. The van der Waals surface area contributed by atoms with Crippen molar-refractivity contribution in [1.29, 1.82) is 0 Å². The summed E-state index contributed by atoms with van der Waals surface area (Å²) in [4.78, 5) is 17.2.